The molecule has 0 saturated carbocycles. The van der Waals surface area contributed by atoms with Gasteiger partial charge in [-0.05, 0) is 12.1 Å². The molecule has 0 unspecified atom stereocenters. The SMILES string of the molecule is COc1cc(-c2[o+]c3cccc4c3c(c2O[C@@H]2O[C@H](CO)[C@@H](O)[C@H](O)[C@H]2O)C=C(C(=O)O)O4)cc(O)c1O. The minimum Gasteiger partial charge on any atom is -0.504 e. The van der Waals surface area contributed by atoms with E-state index in [1.807, 2.05) is 0 Å². The second-order valence-electron chi connectivity index (χ2n) is 8.58. The summed E-state index contributed by atoms with van der Waals surface area (Å²) in [4.78, 5) is 11.8. The molecule has 200 valence electrons. The normalized spacial score (nSPS) is 24.4. The first-order valence-corrected chi connectivity index (χ1v) is 11.3. The fourth-order valence-electron chi connectivity index (χ4n) is 4.33. The van der Waals surface area contributed by atoms with Gasteiger partial charge in [-0.15, -0.1) is 0 Å². The van der Waals surface area contributed by atoms with Gasteiger partial charge >= 0.3 is 17.3 Å². The van der Waals surface area contributed by atoms with Gasteiger partial charge in [-0.1, -0.05) is 0 Å². The van der Waals surface area contributed by atoms with Crippen molar-refractivity contribution in [1.29, 1.82) is 0 Å². The van der Waals surface area contributed by atoms with Crippen molar-refractivity contribution in [3.63, 3.8) is 0 Å². The van der Waals surface area contributed by atoms with Gasteiger partial charge in [0.1, 0.15) is 35.6 Å². The smallest absolute Gasteiger partial charge is 0.403 e. The Kier molecular flexibility index (Phi) is 6.46. The topological polar surface area (TPSA) is 207 Å². The van der Waals surface area contributed by atoms with Crippen LogP contribution in [0.2, 0.25) is 0 Å². The van der Waals surface area contributed by atoms with Crippen LogP contribution in [0.1, 0.15) is 5.56 Å². The van der Waals surface area contributed by atoms with Crippen LogP contribution in [0.4, 0.5) is 0 Å². The van der Waals surface area contributed by atoms with Crippen molar-refractivity contribution in [3.05, 3.63) is 41.7 Å². The highest BCUT2D eigenvalue weighted by Gasteiger charge is 2.46. The fourth-order valence-corrected chi connectivity index (χ4v) is 4.33. The van der Waals surface area contributed by atoms with E-state index in [1.54, 1.807) is 12.1 Å². The zero-order valence-electron chi connectivity index (χ0n) is 19.6. The Balaban J connectivity index is 1.77. The van der Waals surface area contributed by atoms with Crippen LogP contribution in [-0.4, -0.2) is 86.1 Å². The first kappa shape index (κ1) is 25.5. The molecule has 5 atom stereocenters. The molecule has 1 aromatic heterocycles. The molecule has 0 spiro atoms. The summed E-state index contributed by atoms with van der Waals surface area (Å²) in [6.45, 7) is -0.712. The fraction of sp³-hybridized carbons (Fsp3) is 0.280. The van der Waals surface area contributed by atoms with E-state index in [-0.39, 0.29) is 39.7 Å². The molecule has 5 rings (SSSR count). The van der Waals surface area contributed by atoms with E-state index in [0.29, 0.717) is 5.39 Å². The highest BCUT2D eigenvalue weighted by molar-refractivity contribution is 6.03. The summed E-state index contributed by atoms with van der Waals surface area (Å²) in [6, 6.07) is 7.10. The number of methoxy groups -OCH3 is 1. The molecule has 0 radical (unpaired) electrons. The van der Waals surface area contributed by atoms with Gasteiger partial charge in [-0.3, -0.25) is 0 Å². The number of hydrogen-bond acceptors (Lipinski definition) is 11. The van der Waals surface area contributed by atoms with Gasteiger partial charge in [-0.25, -0.2) is 9.21 Å². The largest absolute Gasteiger partial charge is 0.504 e. The molecule has 2 aromatic carbocycles. The van der Waals surface area contributed by atoms with Gasteiger partial charge in [0, 0.05) is 24.3 Å². The molecule has 2 aliphatic heterocycles. The number of aliphatic hydroxyl groups is 4. The van der Waals surface area contributed by atoms with Crippen molar-refractivity contribution in [2.24, 2.45) is 0 Å². The molecule has 3 heterocycles. The maximum Gasteiger partial charge on any atom is 0.403 e. The predicted octanol–water partition coefficient (Wildman–Crippen LogP) is 0.797. The average Bonchev–Trinajstić information content (AvgIpc) is 2.91. The molecule has 38 heavy (non-hydrogen) atoms. The van der Waals surface area contributed by atoms with E-state index in [4.69, 9.17) is 23.4 Å². The summed E-state index contributed by atoms with van der Waals surface area (Å²) in [7, 11) is 1.26. The molecule has 0 aliphatic carbocycles. The highest BCUT2D eigenvalue weighted by atomic mass is 16.7. The molecule has 13 heteroatoms. The summed E-state index contributed by atoms with van der Waals surface area (Å²) in [5, 5.41) is 70.9. The highest BCUT2D eigenvalue weighted by Crippen LogP contribution is 2.48. The Labute approximate surface area is 213 Å². The predicted molar refractivity (Wildman–Crippen MR) is 127 cm³/mol. The molecule has 0 amide bonds. The van der Waals surface area contributed by atoms with Gasteiger partial charge in [0.05, 0.1) is 24.8 Å². The Bertz CT molecular complexity index is 1450. The Hall–Kier alpha value is -4.14. The lowest BCUT2D eigenvalue weighted by Crippen LogP contribution is -2.60. The van der Waals surface area contributed by atoms with Crippen LogP contribution in [0.3, 0.4) is 0 Å². The van der Waals surface area contributed by atoms with Gasteiger partial charge < -0.3 is 54.7 Å². The zero-order chi connectivity index (χ0) is 27.3. The minimum atomic E-state index is -1.80. The standard InChI is InChI=1S/C25H22O13/c1-34-14-6-9(5-11(27)18(14)28)22-23(38-25-21(31)20(30)19(29)16(8-26)37-25)10-7-15(24(32)33)35-12-3-2-4-13(36-22)17(10)12/h2-7,16,19-21,25-26,29-31H,8H2,1H3,(H2-,27,28,32,33)/p+1/t16-,19-,20+,21-,25+/m1/s1. The van der Waals surface area contributed by atoms with E-state index < -0.39 is 60.5 Å². The number of hydrogen-bond donors (Lipinski definition) is 7. The van der Waals surface area contributed by atoms with E-state index in [2.05, 4.69) is 0 Å². The maximum atomic E-state index is 11.8. The number of carbonyl (C=O) groups is 1. The lowest BCUT2D eigenvalue weighted by molar-refractivity contribution is -0.277. The van der Waals surface area contributed by atoms with Crippen molar-refractivity contribution >= 4 is 23.0 Å². The summed E-state index contributed by atoms with van der Waals surface area (Å²) in [6.07, 6.45) is -7.01. The molecular weight excluding hydrogens is 508 g/mol. The molecule has 1 saturated heterocycles. The van der Waals surface area contributed by atoms with Crippen molar-refractivity contribution in [2.45, 2.75) is 30.7 Å². The summed E-state index contributed by atoms with van der Waals surface area (Å²) < 4.78 is 28.1. The van der Waals surface area contributed by atoms with Crippen LogP contribution in [0.25, 0.3) is 28.4 Å². The number of benzene rings is 2. The van der Waals surface area contributed by atoms with Gasteiger partial charge in [0.15, 0.2) is 11.5 Å². The number of phenols is 2. The average molecular weight is 531 g/mol. The van der Waals surface area contributed by atoms with Crippen molar-refractivity contribution in [2.75, 3.05) is 13.7 Å². The number of phenolic OH excluding ortho intramolecular Hbond substituents is 2. The van der Waals surface area contributed by atoms with Crippen LogP contribution in [0, 0.1) is 0 Å². The number of carboxylic acid groups (broad SMARTS) is 1. The molecular formula is C25H23O13+. The van der Waals surface area contributed by atoms with Gasteiger partial charge in [-0.2, -0.15) is 0 Å². The lowest BCUT2D eigenvalue weighted by Gasteiger charge is -2.39. The van der Waals surface area contributed by atoms with Crippen molar-refractivity contribution < 1.29 is 63.9 Å². The summed E-state index contributed by atoms with van der Waals surface area (Å²) in [5.41, 5.74) is 0.460. The van der Waals surface area contributed by atoms with Crippen LogP contribution in [0.5, 0.6) is 28.7 Å². The zero-order valence-corrected chi connectivity index (χ0v) is 19.6. The Morgan fingerprint density at radius 3 is 2.55 bits per heavy atom. The van der Waals surface area contributed by atoms with E-state index in [9.17, 15) is 40.5 Å². The van der Waals surface area contributed by atoms with E-state index >= 15 is 0 Å². The van der Waals surface area contributed by atoms with Crippen LogP contribution in [0.15, 0.2) is 40.5 Å². The number of aliphatic hydroxyl groups excluding tert-OH is 4. The molecule has 7 N–H and O–H groups in total. The van der Waals surface area contributed by atoms with Crippen molar-refractivity contribution in [3.8, 4) is 40.1 Å². The lowest BCUT2D eigenvalue weighted by atomic mass is 9.98. The van der Waals surface area contributed by atoms with E-state index in [0.717, 1.165) is 12.1 Å². The van der Waals surface area contributed by atoms with Gasteiger partial charge in [0.25, 0.3) is 0 Å². The quantitative estimate of drug-likeness (QED) is 0.174. The summed E-state index contributed by atoms with van der Waals surface area (Å²) in [5.74, 6) is -3.29. The second kappa shape index (κ2) is 9.63. The summed E-state index contributed by atoms with van der Waals surface area (Å²) >= 11 is 0. The third-order valence-electron chi connectivity index (χ3n) is 6.25. The molecule has 13 nitrogen and oxygen atoms in total. The first-order chi connectivity index (χ1) is 18.1. The number of rotatable bonds is 6. The van der Waals surface area contributed by atoms with E-state index in [1.165, 1.54) is 19.2 Å². The number of aliphatic carboxylic acids is 1. The number of aromatic hydroxyl groups is 2. The minimum absolute atomic E-state index is 0.108. The first-order valence-electron chi connectivity index (χ1n) is 11.3. The van der Waals surface area contributed by atoms with Crippen molar-refractivity contribution in [1.82, 2.24) is 0 Å². The Morgan fingerprint density at radius 2 is 1.87 bits per heavy atom. The molecule has 0 bridgehead atoms. The van der Waals surface area contributed by atoms with Crippen LogP contribution in [-0.2, 0) is 9.53 Å². The second-order valence-corrected chi connectivity index (χ2v) is 8.58. The van der Waals surface area contributed by atoms with Gasteiger partial charge in [0.2, 0.25) is 23.5 Å². The Morgan fingerprint density at radius 1 is 1.11 bits per heavy atom. The van der Waals surface area contributed by atoms with Crippen LogP contribution >= 0.6 is 0 Å². The third kappa shape index (κ3) is 4.12. The molecule has 1 fully saturated rings. The number of ether oxygens (including phenoxy) is 4. The maximum absolute atomic E-state index is 11.8. The molecule has 3 aromatic rings. The third-order valence-corrected chi connectivity index (χ3v) is 6.25. The number of carboxylic acids is 1. The van der Waals surface area contributed by atoms with Crippen LogP contribution < -0.4 is 14.2 Å². The molecule has 2 aliphatic rings. The monoisotopic (exact) mass is 531 g/mol.